The molecule has 0 amide bonds. The molecule has 0 aliphatic heterocycles. The highest BCUT2D eigenvalue weighted by Crippen LogP contribution is 2.39. The molecule has 0 aliphatic rings. The van der Waals surface area contributed by atoms with Crippen molar-refractivity contribution in [2.45, 2.75) is 19.2 Å². The third-order valence-corrected chi connectivity index (χ3v) is 3.23. The number of ether oxygens (including phenoxy) is 1. The van der Waals surface area contributed by atoms with E-state index in [2.05, 4.69) is 15.9 Å². The van der Waals surface area contributed by atoms with Gasteiger partial charge < -0.3 is 14.3 Å². The van der Waals surface area contributed by atoms with Gasteiger partial charge in [-0.1, -0.05) is 15.9 Å². The average Bonchev–Trinajstić information content (AvgIpc) is 2.79. The monoisotopic (exact) mass is 366 g/mol. The summed E-state index contributed by atoms with van der Waals surface area (Å²) in [5, 5.41) is 9.55. The van der Waals surface area contributed by atoms with E-state index in [1.165, 1.54) is 6.07 Å². The van der Waals surface area contributed by atoms with E-state index in [1.54, 1.807) is 6.92 Å². The number of benzene rings is 1. The molecule has 8 heteroatoms. The lowest BCUT2D eigenvalue weighted by Gasteiger charge is -2.15. The summed E-state index contributed by atoms with van der Waals surface area (Å²) in [5.41, 5.74) is -0.669. The summed E-state index contributed by atoms with van der Waals surface area (Å²) in [6.07, 6.45) is -6.54. The second-order valence-electron chi connectivity index (χ2n) is 4.19. The van der Waals surface area contributed by atoms with Gasteiger partial charge in [0.15, 0.2) is 6.10 Å². The molecule has 0 aliphatic carbocycles. The molecular formula is C13H10BrF3O4. The third kappa shape index (κ3) is 3.06. The minimum absolute atomic E-state index is 0.00349. The van der Waals surface area contributed by atoms with Crippen molar-refractivity contribution in [3.63, 3.8) is 0 Å². The zero-order chi connectivity index (χ0) is 15.8. The number of hydrogen-bond donors (Lipinski definition) is 1. The normalized spacial score (nSPS) is 13.4. The van der Waals surface area contributed by atoms with Gasteiger partial charge in [-0.05, 0) is 19.1 Å². The molecule has 0 fully saturated rings. The summed E-state index contributed by atoms with van der Waals surface area (Å²) in [6.45, 7) is 1.73. The van der Waals surface area contributed by atoms with Crippen LogP contribution in [0.5, 0.6) is 0 Å². The predicted octanol–water partition coefficient (Wildman–Crippen LogP) is 3.97. The van der Waals surface area contributed by atoms with E-state index < -0.39 is 23.8 Å². The molecule has 1 unspecified atom stereocenters. The summed E-state index contributed by atoms with van der Waals surface area (Å²) in [5.74, 6) is -0.707. The number of carbonyl (C=O) groups is 1. The minimum atomic E-state index is -4.84. The van der Waals surface area contributed by atoms with Crippen LogP contribution in [0.3, 0.4) is 0 Å². The molecule has 1 aromatic carbocycles. The zero-order valence-corrected chi connectivity index (χ0v) is 12.3. The first-order valence-electron chi connectivity index (χ1n) is 5.88. The van der Waals surface area contributed by atoms with Crippen molar-refractivity contribution in [2.24, 2.45) is 0 Å². The lowest BCUT2D eigenvalue weighted by Crippen LogP contribution is -2.20. The van der Waals surface area contributed by atoms with E-state index in [4.69, 9.17) is 9.15 Å². The Balaban J connectivity index is 2.62. The average molecular weight is 367 g/mol. The van der Waals surface area contributed by atoms with Crippen LogP contribution in [0.1, 0.15) is 28.9 Å². The number of rotatable bonds is 3. The Hall–Kier alpha value is -1.54. The van der Waals surface area contributed by atoms with Crippen molar-refractivity contribution in [1.82, 2.24) is 0 Å². The van der Waals surface area contributed by atoms with E-state index >= 15 is 0 Å². The highest BCUT2D eigenvalue weighted by atomic mass is 79.9. The molecule has 1 N–H and O–H groups in total. The van der Waals surface area contributed by atoms with Gasteiger partial charge in [-0.3, -0.25) is 0 Å². The van der Waals surface area contributed by atoms with Crippen molar-refractivity contribution in [1.29, 1.82) is 0 Å². The molecule has 2 rings (SSSR count). The molecule has 0 saturated heterocycles. The van der Waals surface area contributed by atoms with Crippen LogP contribution in [-0.2, 0) is 4.74 Å². The number of halogens is 4. The fourth-order valence-corrected chi connectivity index (χ4v) is 2.35. The van der Waals surface area contributed by atoms with E-state index in [-0.39, 0.29) is 27.6 Å². The van der Waals surface area contributed by atoms with E-state index in [1.807, 2.05) is 0 Å². The fourth-order valence-electron chi connectivity index (χ4n) is 1.87. The Kier molecular flexibility index (Phi) is 4.29. The van der Waals surface area contributed by atoms with Gasteiger partial charge in [0.25, 0.3) is 0 Å². The number of hydrogen-bond acceptors (Lipinski definition) is 4. The van der Waals surface area contributed by atoms with Gasteiger partial charge in [-0.2, -0.15) is 13.2 Å². The summed E-state index contributed by atoms with van der Waals surface area (Å²) in [4.78, 5) is 11.7. The lowest BCUT2D eigenvalue weighted by molar-refractivity contribution is -0.206. The minimum Gasteiger partial charge on any atom is -0.463 e. The van der Waals surface area contributed by atoms with Crippen molar-refractivity contribution < 1.29 is 32.2 Å². The predicted molar refractivity (Wildman–Crippen MR) is 70.9 cm³/mol. The van der Waals surface area contributed by atoms with Gasteiger partial charge in [0.05, 0.1) is 6.61 Å². The van der Waals surface area contributed by atoms with E-state index in [9.17, 15) is 23.1 Å². The first kappa shape index (κ1) is 15.8. The standard InChI is InChI=1S/C13H10BrF3O4/c1-2-20-12(19)9-5-21-10-7(9)3-6(14)4-8(10)11(18)13(15,16)17/h3-5,11,18H,2H2,1H3. The fraction of sp³-hybridized carbons (Fsp3) is 0.308. The second-order valence-corrected chi connectivity index (χ2v) is 5.10. The maximum Gasteiger partial charge on any atom is 0.418 e. The molecule has 0 bridgehead atoms. The Morgan fingerprint density at radius 1 is 1.48 bits per heavy atom. The van der Waals surface area contributed by atoms with Crippen molar-refractivity contribution in [2.75, 3.05) is 6.61 Å². The zero-order valence-electron chi connectivity index (χ0n) is 10.7. The third-order valence-electron chi connectivity index (χ3n) is 2.77. The number of alkyl halides is 3. The van der Waals surface area contributed by atoms with Crippen molar-refractivity contribution in [3.05, 3.63) is 34.0 Å². The summed E-state index contributed by atoms with van der Waals surface area (Å²) in [7, 11) is 0. The largest absolute Gasteiger partial charge is 0.463 e. The number of aliphatic hydroxyl groups excluding tert-OH is 1. The Morgan fingerprint density at radius 3 is 2.71 bits per heavy atom. The quantitative estimate of drug-likeness (QED) is 0.835. The van der Waals surface area contributed by atoms with Crippen molar-refractivity contribution in [3.8, 4) is 0 Å². The summed E-state index contributed by atoms with van der Waals surface area (Å²) >= 11 is 3.05. The molecule has 1 heterocycles. The van der Waals surface area contributed by atoms with Crippen LogP contribution in [0.2, 0.25) is 0 Å². The SMILES string of the molecule is CCOC(=O)c1coc2c(C(O)C(F)(F)F)cc(Br)cc12. The molecule has 1 atom stereocenters. The van der Waals surface area contributed by atoms with Crippen LogP contribution >= 0.6 is 15.9 Å². The second kappa shape index (κ2) is 5.69. The smallest absolute Gasteiger partial charge is 0.418 e. The number of esters is 1. The number of aliphatic hydroxyl groups is 1. The Bertz CT molecular complexity index is 678. The van der Waals surface area contributed by atoms with Gasteiger partial charge in [0.2, 0.25) is 0 Å². The number of furan rings is 1. The first-order valence-corrected chi connectivity index (χ1v) is 6.67. The van der Waals surface area contributed by atoms with Crippen LogP contribution in [0.25, 0.3) is 11.0 Å². The van der Waals surface area contributed by atoms with Crippen LogP contribution in [0.15, 0.2) is 27.3 Å². The summed E-state index contributed by atoms with van der Waals surface area (Å²) < 4.78 is 48.2. The van der Waals surface area contributed by atoms with Gasteiger partial charge in [-0.25, -0.2) is 4.79 Å². The first-order chi connectivity index (χ1) is 9.75. The lowest BCUT2D eigenvalue weighted by atomic mass is 10.0. The Morgan fingerprint density at radius 2 is 2.14 bits per heavy atom. The van der Waals surface area contributed by atoms with Crippen LogP contribution in [-0.4, -0.2) is 23.9 Å². The maximum atomic E-state index is 12.7. The molecule has 0 radical (unpaired) electrons. The van der Waals surface area contributed by atoms with Gasteiger partial charge >= 0.3 is 12.1 Å². The molecule has 114 valence electrons. The maximum absolute atomic E-state index is 12.7. The molecule has 21 heavy (non-hydrogen) atoms. The summed E-state index contributed by atoms with van der Waals surface area (Å²) in [6, 6.07) is 2.52. The topological polar surface area (TPSA) is 59.7 Å². The Labute approximate surface area is 125 Å². The number of carbonyl (C=O) groups excluding carboxylic acids is 1. The van der Waals surface area contributed by atoms with Crippen LogP contribution < -0.4 is 0 Å². The van der Waals surface area contributed by atoms with Gasteiger partial charge in [-0.15, -0.1) is 0 Å². The molecule has 0 spiro atoms. The highest BCUT2D eigenvalue weighted by molar-refractivity contribution is 9.10. The van der Waals surface area contributed by atoms with E-state index in [0.717, 1.165) is 12.3 Å². The number of fused-ring (bicyclic) bond motifs is 1. The highest BCUT2D eigenvalue weighted by Gasteiger charge is 2.41. The van der Waals surface area contributed by atoms with Gasteiger partial charge in [0, 0.05) is 15.4 Å². The molecule has 0 saturated carbocycles. The molecule has 1 aromatic heterocycles. The van der Waals surface area contributed by atoms with Crippen molar-refractivity contribution >= 4 is 32.9 Å². The van der Waals surface area contributed by atoms with Gasteiger partial charge in [0.1, 0.15) is 17.4 Å². The van der Waals surface area contributed by atoms with Crippen LogP contribution in [0, 0.1) is 0 Å². The molecule has 4 nitrogen and oxygen atoms in total. The van der Waals surface area contributed by atoms with E-state index in [0.29, 0.717) is 0 Å². The molecular weight excluding hydrogens is 357 g/mol. The molecule has 2 aromatic rings. The van der Waals surface area contributed by atoms with Crippen LogP contribution in [0.4, 0.5) is 13.2 Å².